The Bertz CT molecular complexity index is 995. The van der Waals surface area contributed by atoms with Crippen LogP contribution in [-0.2, 0) is 16.0 Å². The molecule has 1 aliphatic carbocycles. The van der Waals surface area contributed by atoms with Crippen molar-refractivity contribution in [3.63, 3.8) is 0 Å². The molecule has 7 heteroatoms. The summed E-state index contributed by atoms with van der Waals surface area (Å²) in [5.74, 6) is 0.523. The Kier molecular flexibility index (Phi) is 7.60. The number of rotatable bonds is 9. The lowest BCUT2D eigenvalue weighted by Gasteiger charge is -2.31. The average molecular weight is 469 g/mol. The summed E-state index contributed by atoms with van der Waals surface area (Å²) < 4.78 is 5.58. The Morgan fingerprint density at radius 3 is 2.41 bits per heavy atom. The van der Waals surface area contributed by atoms with Crippen molar-refractivity contribution in [2.24, 2.45) is 0 Å². The van der Waals surface area contributed by atoms with E-state index < -0.39 is 6.04 Å². The molecule has 1 saturated carbocycles. The molecule has 0 unspecified atom stereocenters. The van der Waals surface area contributed by atoms with E-state index in [1.165, 1.54) is 11.3 Å². The van der Waals surface area contributed by atoms with Gasteiger partial charge >= 0.3 is 0 Å². The van der Waals surface area contributed by atoms with Crippen LogP contribution in [0.5, 0.6) is 5.75 Å². The molecule has 1 N–H and O–H groups in total. The smallest absolute Gasteiger partial charge is 0.248 e. The second kappa shape index (κ2) is 10.8. The Morgan fingerprint density at radius 2 is 1.78 bits per heavy atom. The van der Waals surface area contributed by atoms with Crippen molar-refractivity contribution in [1.82, 2.24) is 5.32 Å². The molecule has 0 bridgehead atoms. The molecule has 0 aliphatic heterocycles. The van der Waals surface area contributed by atoms with Crippen molar-refractivity contribution in [3.8, 4) is 5.75 Å². The maximum absolute atomic E-state index is 13.6. The highest BCUT2D eigenvalue weighted by atomic mass is 32.1. The molecule has 32 heavy (non-hydrogen) atoms. The fraction of sp³-hybridized carbons (Fsp3) is 0.360. The highest BCUT2D eigenvalue weighted by Crippen LogP contribution is 2.33. The van der Waals surface area contributed by atoms with Crippen molar-refractivity contribution in [3.05, 3.63) is 69.0 Å². The predicted molar refractivity (Wildman–Crippen MR) is 131 cm³/mol. The zero-order chi connectivity index (χ0) is 22.3. The summed E-state index contributed by atoms with van der Waals surface area (Å²) in [6, 6.07) is 14.7. The molecular formula is C25H28N2O3S2. The highest BCUT2D eigenvalue weighted by Gasteiger charge is 2.35. The van der Waals surface area contributed by atoms with E-state index >= 15 is 0 Å². The van der Waals surface area contributed by atoms with Gasteiger partial charge in [-0.1, -0.05) is 25.0 Å². The number of nitrogens with one attached hydrogen (secondary N) is 1. The van der Waals surface area contributed by atoms with Gasteiger partial charge in [-0.25, -0.2) is 0 Å². The summed E-state index contributed by atoms with van der Waals surface area (Å²) in [6.45, 7) is 2.51. The molecular weight excluding hydrogens is 440 g/mol. The largest absolute Gasteiger partial charge is 0.494 e. The topological polar surface area (TPSA) is 58.6 Å². The van der Waals surface area contributed by atoms with Crippen LogP contribution in [0.2, 0.25) is 0 Å². The average Bonchev–Trinajstić information content (AvgIpc) is 3.57. The van der Waals surface area contributed by atoms with Crippen molar-refractivity contribution < 1.29 is 14.3 Å². The normalized spacial score (nSPS) is 14.8. The summed E-state index contributed by atoms with van der Waals surface area (Å²) in [7, 11) is 0. The molecule has 0 spiro atoms. The van der Waals surface area contributed by atoms with Crippen molar-refractivity contribution in [2.45, 2.75) is 51.1 Å². The molecule has 5 nitrogen and oxygen atoms in total. The predicted octanol–water partition coefficient (Wildman–Crippen LogP) is 5.58. The summed E-state index contributed by atoms with van der Waals surface area (Å²) in [5.41, 5.74) is 0.690. The first-order valence-corrected chi connectivity index (χ1v) is 12.8. The van der Waals surface area contributed by atoms with E-state index in [0.717, 1.165) is 41.2 Å². The summed E-state index contributed by atoms with van der Waals surface area (Å²) in [6.07, 6.45) is 4.51. The van der Waals surface area contributed by atoms with Crippen LogP contribution in [-0.4, -0.2) is 24.5 Å². The Balaban J connectivity index is 1.69. The van der Waals surface area contributed by atoms with Crippen LogP contribution in [0.3, 0.4) is 0 Å². The van der Waals surface area contributed by atoms with Crippen LogP contribution in [0.15, 0.2) is 59.3 Å². The number of hydrogen-bond acceptors (Lipinski definition) is 5. The Hall–Kier alpha value is -2.64. The molecule has 0 saturated heterocycles. The zero-order valence-electron chi connectivity index (χ0n) is 18.2. The SMILES string of the molecule is CCOc1ccc(N(C(=O)Cc2cccs2)[C@@H](C(=O)NC2CCCC2)c2cccs2)cc1. The third kappa shape index (κ3) is 5.40. The quantitative estimate of drug-likeness (QED) is 0.446. The minimum absolute atomic E-state index is 0.100. The van der Waals surface area contributed by atoms with Crippen LogP contribution in [0, 0.1) is 0 Å². The number of hydrogen-bond donors (Lipinski definition) is 1. The lowest BCUT2D eigenvalue weighted by molar-refractivity contribution is -0.126. The van der Waals surface area contributed by atoms with E-state index in [-0.39, 0.29) is 24.3 Å². The molecule has 1 atom stereocenters. The van der Waals surface area contributed by atoms with Crippen LogP contribution >= 0.6 is 22.7 Å². The minimum atomic E-state index is -0.707. The molecule has 1 fully saturated rings. The first-order valence-electron chi connectivity index (χ1n) is 11.1. The van der Waals surface area contributed by atoms with Crippen molar-refractivity contribution >= 4 is 40.2 Å². The van der Waals surface area contributed by atoms with Gasteiger partial charge in [-0.05, 0) is 66.9 Å². The van der Waals surface area contributed by atoms with Gasteiger partial charge in [-0.15, -0.1) is 22.7 Å². The molecule has 2 aromatic heterocycles. The van der Waals surface area contributed by atoms with Gasteiger partial charge in [0.15, 0.2) is 0 Å². The second-order valence-electron chi connectivity index (χ2n) is 7.85. The highest BCUT2D eigenvalue weighted by molar-refractivity contribution is 7.10. The maximum Gasteiger partial charge on any atom is 0.248 e. The van der Waals surface area contributed by atoms with E-state index in [0.29, 0.717) is 12.3 Å². The maximum atomic E-state index is 13.6. The van der Waals surface area contributed by atoms with Gasteiger partial charge in [-0.2, -0.15) is 0 Å². The van der Waals surface area contributed by atoms with E-state index in [1.807, 2.05) is 66.2 Å². The molecule has 168 valence electrons. The molecule has 4 rings (SSSR count). The van der Waals surface area contributed by atoms with Crippen LogP contribution < -0.4 is 15.0 Å². The van der Waals surface area contributed by atoms with Gasteiger partial charge in [0.1, 0.15) is 11.8 Å². The van der Waals surface area contributed by atoms with Crippen LogP contribution in [0.4, 0.5) is 5.69 Å². The zero-order valence-corrected chi connectivity index (χ0v) is 19.8. The van der Waals surface area contributed by atoms with Gasteiger partial charge in [0, 0.05) is 21.5 Å². The standard InChI is InChI=1S/C25H28N2O3S2/c1-2-30-20-13-11-19(12-14-20)27(23(28)17-21-9-5-15-31-21)24(22-10-6-16-32-22)25(29)26-18-7-3-4-8-18/h5-6,9-16,18,24H,2-4,7-8,17H2,1H3,(H,26,29)/t24-/m1/s1. The fourth-order valence-corrected chi connectivity index (χ4v) is 5.63. The summed E-state index contributed by atoms with van der Waals surface area (Å²) >= 11 is 3.05. The second-order valence-corrected chi connectivity index (χ2v) is 9.87. The minimum Gasteiger partial charge on any atom is -0.494 e. The number of anilines is 1. The van der Waals surface area contributed by atoms with E-state index in [1.54, 1.807) is 16.2 Å². The van der Waals surface area contributed by atoms with Crippen LogP contribution in [0.1, 0.15) is 48.4 Å². The van der Waals surface area contributed by atoms with E-state index in [9.17, 15) is 9.59 Å². The lowest BCUT2D eigenvalue weighted by Crippen LogP contribution is -2.46. The molecule has 2 heterocycles. The molecule has 1 aromatic carbocycles. The molecule has 2 amide bonds. The number of thiophene rings is 2. The number of carbonyl (C=O) groups is 2. The number of ether oxygens (including phenoxy) is 1. The third-order valence-corrected chi connectivity index (χ3v) is 7.42. The first kappa shape index (κ1) is 22.6. The Morgan fingerprint density at radius 1 is 1.06 bits per heavy atom. The molecule has 0 radical (unpaired) electrons. The summed E-state index contributed by atoms with van der Waals surface area (Å²) in [4.78, 5) is 30.7. The number of amides is 2. The number of benzene rings is 1. The van der Waals surface area contributed by atoms with Gasteiger partial charge in [0.25, 0.3) is 0 Å². The Labute approximate surface area is 197 Å². The van der Waals surface area contributed by atoms with Crippen molar-refractivity contribution in [2.75, 3.05) is 11.5 Å². The number of carbonyl (C=O) groups excluding carboxylic acids is 2. The first-order chi connectivity index (χ1) is 15.7. The van der Waals surface area contributed by atoms with Crippen molar-refractivity contribution in [1.29, 1.82) is 0 Å². The van der Waals surface area contributed by atoms with E-state index in [4.69, 9.17) is 4.74 Å². The monoisotopic (exact) mass is 468 g/mol. The lowest BCUT2D eigenvalue weighted by atomic mass is 10.1. The van der Waals surface area contributed by atoms with Gasteiger partial charge in [-0.3, -0.25) is 14.5 Å². The molecule has 1 aliphatic rings. The van der Waals surface area contributed by atoms with Gasteiger partial charge in [0.2, 0.25) is 11.8 Å². The molecule has 3 aromatic rings. The van der Waals surface area contributed by atoms with E-state index in [2.05, 4.69) is 5.32 Å². The fourth-order valence-electron chi connectivity index (χ4n) is 4.12. The number of nitrogens with zero attached hydrogens (tertiary/aromatic N) is 1. The van der Waals surface area contributed by atoms with Gasteiger partial charge in [0.05, 0.1) is 13.0 Å². The summed E-state index contributed by atoms with van der Waals surface area (Å²) in [5, 5.41) is 7.13. The third-order valence-electron chi connectivity index (χ3n) is 5.62. The van der Waals surface area contributed by atoms with Gasteiger partial charge < -0.3 is 10.1 Å². The van der Waals surface area contributed by atoms with Crippen LogP contribution in [0.25, 0.3) is 0 Å².